The van der Waals surface area contributed by atoms with Gasteiger partial charge in [-0.15, -0.1) is 0 Å². The molecule has 0 fully saturated rings. The number of rotatable bonds is 1. The Balaban J connectivity index is 2.63. The van der Waals surface area contributed by atoms with E-state index in [1.54, 1.807) is 6.20 Å². The van der Waals surface area contributed by atoms with Gasteiger partial charge in [0.15, 0.2) is 5.65 Å². The fraction of sp³-hybridized carbons (Fsp3) is 0.286. The summed E-state index contributed by atoms with van der Waals surface area (Å²) in [4.78, 5) is 10.1. The van der Waals surface area contributed by atoms with Crippen LogP contribution in [0.2, 0.25) is 0 Å². The van der Waals surface area contributed by atoms with Gasteiger partial charge in [-0.3, -0.25) is 5.10 Å². The molecule has 2 heterocycles. The molecule has 0 unspecified atom stereocenters. The Morgan fingerprint density at radius 1 is 1.46 bits per heavy atom. The molecule has 0 spiro atoms. The van der Waals surface area contributed by atoms with Gasteiger partial charge >= 0.3 is 0 Å². The van der Waals surface area contributed by atoms with Gasteiger partial charge in [-0.1, -0.05) is 0 Å². The Kier molecular flexibility index (Phi) is 1.54. The summed E-state index contributed by atoms with van der Waals surface area (Å²) in [5, 5.41) is 7.34. The van der Waals surface area contributed by atoms with Gasteiger partial charge in [-0.25, -0.2) is 4.98 Å². The van der Waals surface area contributed by atoms with Gasteiger partial charge in [0.05, 0.1) is 5.39 Å². The van der Waals surface area contributed by atoms with E-state index in [0.717, 1.165) is 5.39 Å². The number of hydrogen-bond acceptors (Lipinski definition) is 5. The summed E-state index contributed by atoms with van der Waals surface area (Å²) in [6.45, 7) is 0. The first-order valence-electron chi connectivity index (χ1n) is 3.82. The number of nitrogens with two attached hydrogens (primary N) is 1. The maximum atomic E-state index is 5.59. The number of aromatic amines is 1. The quantitative estimate of drug-likeness (QED) is 0.642. The molecule has 0 atom stereocenters. The molecule has 0 amide bonds. The maximum absolute atomic E-state index is 5.59. The van der Waals surface area contributed by atoms with Crippen molar-refractivity contribution in [3.63, 3.8) is 0 Å². The van der Waals surface area contributed by atoms with Crippen molar-refractivity contribution in [2.75, 3.05) is 24.7 Å². The summed E-state index contributed by atoms with van der Waals surface area (Å²) in [6.07, 6.45) is 1.66. The van der Waals surface area contributed by atoms with Gasteiger partial charge in [0.2, 0.25) is 5.95 Å². The third kappa shape index (κ3) is 1.16. The first kappa shape index (κ1) is 7.78. The predicted octanol–water partition coefficient (Wildman–Crippen LogP) is 0.00110. The van der Waals surface area contributed by atoms with Crippen molar-refractivity contribution in [1.82, 2.24) is 20.2 Å². The minimum atomic E-state index is 0.500. The summed E-state index contributed by atoms with van der Waals surface area (Å²) < 4.78 is 0. The Morgan fingerprint density at radius 3 is 2.92 bits per heavy atom. The summed E-state index contributed by atoms with van der Waals surface area (Å²) in [7, 11) is 3.74. The van der Waals surface area contributed by atoms with Crippen LogP contribution in [0.15, 0.2) is 6.20 Å². The van der Waals surface area contributed by atoms with Crippen LogP contribution < -0.4 is 10.6 Å². The molecule has 0 aromatic carbocycles. The monoisotopic (exact) mass is 178 g/mol. The zero-order valence-corrected chi connectivity index (χ0v) is 7.44. The second-order valence-corrected chi connectivity index (χ2v) is 2.94. The molecule has 0 saturated carbocycles. The lowest BCUT2D eigenvalue weighted by Gasteiger charge is -2.07. The second kappa shape index (κ2) is 2.58. The van der Waals surface area contributed by atoms with Crippen LogP contribution in [0, 0.1) is 0 Å². The van der Waals surface area contributed by atoms with Gasteiger partial charge < -0.3 is 10.6 Å². The summed E-state index contributed by atoms with van der Waals surface area (Å²) in [6, 6.07) is 0. The Bertz CT molecular complexity index is 431. The maximum Gasteiger partial charge on any atom is 0.226 e. The highest BCUT2D eigenvalue weighted by atomic mass is 15.3. The number of hydrogen-bond donors (Lipinski definition) is 2. The van der Waals surface area contributed by atoms with Crippen molar-refractivity contribution in [2.45, 2.75) is 0 Å². The van der Waals surface area contributed by atoms with Crippen LogP contribution in [0.4, 0.5) is 11.8 Å². The van der Waals surface area contributed by atoms with Gasteiger partial charge in [-0.05, 0) is 0 Å². The van der Waals surface area contributed by atoms with Crippen molar-refractivity contribution in [1.29, 1.82) is 0 Å². The average molecular weight is 178 g/mol. The fourth-order valence-corrected chi connectivity index (χ4v) is 1.03. The van der Waals surface area contributed by atoms with E-state index in [9.17, 15) is 0 Å². The number of nitrogens with one attached hydrogen (secondary N) is 1. The van der Waals surface area contributed by atoms with Gasteiger partial charge in [0.1, 0.15) is 5.82 Å². The molecule has 0 aliphatic rings. The third-order valence-electron chi connectivity index (χ3n) is 1.73. The topological polar surface area (TPSA) is 83.7 Å². The first-order chi connectivity index (χ1) is 6.18. The van der Waals surface area contributed by atoms with Crippen LogP contribution in [0.3, 0.4) is 0 Å². The smallest absolute Gasteiger partial charge is 0.226 e. The molecule has 0 saturated heterocycles. The lowest BCUT2D eigenvalue weighted by molar-refractivity contribution is 1.00. The number of H-pyrrole nitrogens is 1. The SMILES string of the molecule is CN(C)c1ncc2c(N)[nH]nc2n1. The molecular weight excluding hydrogens is 168 g/mol. The van der Waals surface area contributed by atoms with Crippen molar-refractivity contribution in [3.8, 4) is 0 Å². The largest absolute Gasteiger partial charge is 0.383 e. The van der Waals surface area contributed by atoms with Crippen LogP contribution >= 0.6 is 0 Å². The molecule has 2 aromatic rings. The van der Waals surface area contributed by atoms with E-state index in [2.05, 4.69) is 20.2 Å². The molecule has 2 rings (SSSR count). The van der Waals surface area contributed by atoms with E-state index in [1.807, 2.05) is 19.0 Å². The molecular formula is C7H10N6. The van der Waals surface area contributed by atoms with E-state index in [-0.39, 0.29) is 0 Å². The van der Waals surface area contributed by atoms with Crippen LogP contribution in [0.5, 0.6) is 0 Å². The van der Waals surface area contributed by atoms with Crippen LogP contribution in [-0.4, -0.2) is 34.3 Å². The minimum Gasteiger partial charge on any atom is -0.383 e. The lowest BCUT2D eigenvalue weighted by Crippen LogP contribution is -2.12. The number of nitrogens with zero attached hydrogens (tertiary/aromatic N) is 4. The molecule has 3 N–H and O–H groups in total. The van der Waals surface area contributed by atoms with Crippen LogP contribution in [0.25, 0.3) is 11.0 Å². The highest BCUT2D eigenvalue weighted by molar-refractivity contribution is 5.85. The molecule has 0 aliphatic heterocycles. The van der Waals surface area contributed by atoms with E-state index in [1.165, 1.54) is 0 Å². The van der Waals surface area contributed by atoms with Crippen LogP contribution in [0.1, 0.15) is 0 Å². The fourth-order valence-electron chi connectivity index (χ4n) is 1.03. The molecule has 13 heavy (non-hydrogen) atoms. The summed E-state index contributed by atoms with van der Waals surface area (Å²) in [5.41, 5.74) is 6.18. The van der Waals surface area contributed by atoms with Gasteiger partial charge in [0, 0.05) is 20.3 Å². The predicted molar refractivity (Wildman–Crippen MR) is 50.4 cm³/mol. The van der Waals surface area contributed by atoms with E-state index < -0.39 is 0 Å². The molecule has 0 aliphatic carbocycles. The molecule has 0 bridgehead atoms. The van der Waals surface area contributed by atoms with Gasteiger partial charge in [0.25, 0.3) is 0 Å². The average Bonchev–Trinajstić information content (AvgIpc) is 2.47. The van der Waals surface area contributed by atoms with E-state index in [4.69, 9.17) is 5.73 Å². The third-order valence-corrected chi connectivity index (χ3v) is 1.73. The van der Waals surface area contributed by atoms with Crippen molar-refractivity contribution in [2.24, 2.45) is 0 Å². The number of anilines is 2. The highest BCUT2D eigenvalue weighted by Crippen LogP contribution is 2.15. The van der Waals surface area contributed by atoms with Crippen molar-refractivity contribution in [3.05, 3.63) is 6.20 Å². The van der Waals surface area contributed by atoms with Gasteiger partial charge in [-0.2, -0.15) is 10.1 Å². The zero-order chi connectivity index (χ0) is 9.42. The Morgan fingerprint density at radius 2 is 2.23 bits per heavy atom. The normalized spacial score (nSPS) is 10.6. The minimum absolute atomic E-state index is 0.500. The van der Waals surface area contributed by atoms with E-state index in [0.29, 0.717) is 17.4 Å². The number of nitrogen functional groups attached to an aromatic ring is 1. The number of aromatic nitrogens is 4. The zero-order valence-electron chi connectivity index (χ0n) is 7.44. The first-order valence-corrected chi connectivity index (χ1v) is 3.82. The summed E-state index contributed by atoms with van der Waals surface area (Å²) >= 11 is 0. The Hall–Kier alpha value is -1.85. The van der Waals surface area contributed by atoms with E-state index >= 15 is 0 Å². The molecule has 6 heteroatoms. The standard InChI is InChI=1S/C7H10N6/c1-13(2)7-9-3-4-5(8)11-12-6(4)10-7/h3H,1-2H3,(H3,8,9,10,11,12). The van der Waals surface area contributed by atoms with Crippen LogP contribution in [-0.2, 0) is 0 Å². The highest BCUT2D eigenvalue weighted by Gasteiger charge is 2.06. The molecule has 6 nitrogen and oxygen atoms in total. The second-order valence-electron chi connectivity index (χ2n) is 2.94. The molecule has 68 valence electrons. The van der Waals surface area contributed by atoms with Crippen molar-refractivity contribution < 1.29 is 0 Å². The Labute approximate surface area is 74.8 Å². The van der Waals surface area contributed by atoms with Crippen molar-refractivity contribution >= 4 is 22.8 Å². The lowest BCUT2D eigenvalue weighted by atomic mass is 10.4. The molecule has 2 aromatic heterocycles. The molecule has 0 radical (unpaired) electrons. The summed E-state index contributed by atoms with van der Waals surface area (Å²) in [5.74, 6) is 1.12. The number of fused-ring (bicyclic) bond motifs is 1.